The molecular formula is C15H16O4S2. The van der Waals surface area contributed by atoms with Gasteiger partial charge in [0.15, 0.2) is 5.57 Å². The zero-order chi connectivity index (χ0) is 15.4. The molecule has 0 aliphatic carbocycles. The van der Waals surface area contributed by atoms with Gasteiger partial charge in [0.25, 0.3) is 0 Å². The predicted octanol–water partition coefficient (Wildman–Crippen LogP) is 3.53. The fourth-order valence-corrected chi connectivity index (χ4v) is 4.47. The van der Waals surface area contributed by atoms with Gasteiger partial charge in [-0.05, 0) is 32.4 Å². The smallest absolute Gasteiger partial charge is 0.347 e. The van der Waals surface area contributed by atoms with Crippen LogP contribution in [0.5, 0.6) is 0 Å². The van der Waals surface area contributed by atoms with Gasteiger partial charge in [0.2, 0.25) is 0 Å². The fraction of sp³-hybridized carbons (Fsp3) is 0.333. The van der Waals surface area contributed by atoms with E-state index in [0.29, 0.717) is 4.24 Å². The highest BCUT2D eigenvalue weighted by molar-refractivity contribution is 8.24. The molecule has 1 aliphatic heterocycles. The summed E-state index contributed by atoms with van der Waals surface area (Å²) in [6.07, 6.45) is 0. The number of benzene rings is 1. The number of thioether (sulfide) groups is 2. The van der Waals surface area contributed by atoms with E-state index in [9.17, 15) is 9.59 Å². The third-order valence-electron chi connectivity index (χ3n) is 2.74. The second-order valence-corrected chi connectivity index (χ2v) is 6.54. The van der Waals surface area contributed by atoms with Crippen LogP contribution in [-0.2, 0) is 19.1 Å². The number of esters is 2. The van der Waals surface area contributed by atoms with E-state index < -0.39 is 11.9 Å². The van der Waals surface area contributed by atoms with Gasteiger partial charge in [-0.25, -0.2) is 9.59 Å². The van der Waals surface area contributed by atoms with E-state index in [-0.39, 0.29) is 18.8 Å². The molecule has 1 aromatic rings. The lowest BCUT2D eigenvalue weighted by Crippen LogP contribution is -2.19. The van der Waals surface area contributed by atoms with Crippen molar-refractivity contribution in [1.29, 1.82) is 0 Å². The molecule has 2 rings (SSSR count). The summed E-state index contributed by atoms with van der Waals surface area (Å²) in [6.45, 7) is 5.86. The van der Waals surface area contributed by atoms with E-state index in [1.807, 2.05) is 25.1 Å². The standard InChI is InChI=1S/C15H16O4S2/c1-4-18-13(16)11(14(17)19-5-2)15-20-10-8-6-7-9(3)12(10)21-15/h6-8H,4-5H2,1-3H3. The average molecular weight is 324 g/mol. The first kappa shape index (κ1) is 16.0. The van der Waals surface area contributed by atoms with Crippen LogP contribution >= 0.6 is 23.5 Å². The molecular weight excluding hydrogens is 308 g/mol. The number of carbonyl (C=O) groups is 2. The SMILES string of the molecule is CCOC(=O)C(C(=O)OCC)=C1Sc2cccc(C)c2S1. The van der Waals surface area contributed by atoms with E-state index in [4.69, 9.17) is 9.47 Å². The Kier molecular flexibility index (Phi) is 5.36. The maximum absolute atomic E-state index is 12.1. The van der Waals surface area contributed by atoms with E-state index in [2.05, 4.69) is 0 Å². The van der Waals surface area contributed by atoms with Gasteiger partial charge in [-0.1, -0.05) is 35.7 Å². The number of carbonyl (C=O) groups excluding carboxylic acids is 2. The summed E-state index contributed by atoms with van der Waals surface area (Å²) >= 11 is 2.83. The molecule has 0 bridgehead atoms. The molecule has 0 N–H and O–H groups in total. The van der Waals surface area contributed by atoms with Crippen LogP contribution in [0.1, 0.15) is 19.4 Å². The second kappa shape index (κ2) is 7.04. The molecule has 4 nitrogen and oxygen atoms in total. The van der Waals surface area contributed by atoms with Crippen molar-refractivity contribution < 1.29 is 19.1 Å². The third-order valence-corrected chi connectivity index (χ3v) is 5.45. The number of ether oxygens (including phenoxy) is 2. The molecule has 6 heteroatoms. The lowest BCUT2D eigenvalue weighted by Gasteiger charge is -2.08. The van der Waals surface area contributed by atoms with Gasteiger partial charge < -0.3 is 9.47 Å². The Morgan fingerprint density at radius 2 is 1.67 bits per heavy atom. The van der Waals surface area contributed by atoms with Gasteiger partial charge >= 0.3 is 11.9 Å². The molecule has 0 aromatic heterocycles. The van der Waals surface area contributed by atoms with E-state index >= 15 is 0 Å². The minimum absolute atomic E-state index is 0.00991. The van der Waals surface area contributed by atoms with Gasteiger partial charge in [0, 0.05) is 9.79 Å². The molecule has 0 saturated carbocycles. The summed E-state index contributed by atoms with van der Waals surface area (Å²) in [5, 5.41) is 0. The summed E-state index contributed by atoms with van der Waals surface area (Å²) in [5.74, 6) is -1.26. The summed E-state index contributed by atoms with van der Waals surface area (Å²) in [4.78, 5) is 26.3. The summed E-state index contributed by atoms with van der Waals surface area (Å²) in [6, 6.07) is 5.93. The molecule has 21 heavy (non-hydrogen) atoms. The van der Waals surface area contributed by atoms with Crippen LogP contribution in [0.3, 0.4) is 0 Å². The topological polar surface area (TPSA) is 52.6 Å². The molecule has 112 valence electrons. The van der Waals surface area contributed by atoms with Crippen LogP contribution in [0.15, 0.2) is 37.8 Å². The molecule has 1 heterocycles. The molecule has 0 radical (unpaired) electrons. The van der Waals surface area contributed by atoms with Crippen LogP contribution in [0.25, 0.3) is 0 Å². The largest absolute Gasteiger partial charge is 0.462 e. The lowest BCUT2D eigenvalue weighted by atomic mass is 10.2. The van der Waals surface area contributed by atoms with Crippen molar-refractivity contribution in [3.63, 3.8) is 0 Å². The van der Waals surface area contributed by atoms with Gasteiger partial charge in [-0.2, -0.15) is 0 Å². The van der Waals surface area contributed by atoms with Crippen LogP contribution in [0, 0.1) is 6.92 Å². The van der Waals surface area contributed by atoms with Gasteiger partial charge in [0.05, 0.1) is 17.5 Å². The number of fused-ring (bicyclic) bond motifs is 1. The molecule has 0 amide bonds. The number of aryl methyl sites for hydroxylation is 1. The summed E-state index contributed by atoms with van der Waals surface area (Å²) < 4.78 is 10.6. The molecule has 0 atom stereocenters. The molecule has 1 aliphatic rings. The van der Waals surface area contributed by atoms with Gasteiger partial charge in [-0.15, -0.1) is 0 Å². The Labute approximate surface area is 132 Å². The van der Waals surface area contributed by atoms with Gasteiger partial charge in [0.1, 0.15) is 0 Å². The van der Waals surface area contributed by atoms with Crippen molar-refractivity contribution >= 4 is 35.5 Å². The van der Waals surface area contributed by atoms with Crippen molar-refractivity contribution in [2.45, 2.75) is 30.6 Å². The number of hydrogen-bond donors (Lipinski definition) is 0. The highest BCUT2D eigenvalue weighted by Gasteiger charge is 2.31. The molecule has 0 fully saturated rings. The van der Waals surface area contributed by atoms with Crippen molar-refractivity contribution in [2.24, 2.45) is 0 Å². The molecule has 1 aromatic carbocycles. The Bertz CT molecular complexity index is 588. The monoisotopic (exact) mass is 324 g/mol. The van der Waals surface area contributed by atoms with Crippen molar-refractivity contribution in [3.05, 3.63) is 33.6 Å². The second-order valence-electron chi connectivity index (χ2n) is 4.21. The van der Waals surface area contributed by atoms with E-state index in [1.54, 1.807) is 13.8 Å². The normalized spacial score (nSPS) is 12.8. The van der Waals surface area contributed by atoms with Crippen molar-refractivity contribution in [1.82, 2.24) is 0 Å². The van der Waals surface area contributed by atoms with Crippen LogP contribution < -0.4 is 0 Å². The Morgan fingerprint density at radius 1 is 1.05 bits per heavy atom. The summed E-state index contributed by atoms with van der Waals surface area (Å²) in [7, 11) is 0. The predicted molar refractivity (Wildman–Crippen MR) is 83.2 cm³/mol. The van der Waals surface area contributed by atoms with Crippen LogP contribution in [0.2, 0.25) is 0 Å². The fourth-order valence-electron chi connectivity index (χ4n) is 1.81. The quantitative estimate of drug-likeness (QED) is 0.365. The maximum Gasteiger partial charge on any atom is 0.347 e. The highest BCUT2D eigenvalue weighted by Crippen LogP contribution is 2.53. The van der Waals surface area contributed by atoms with Crippen LogP contribution in [0.4, 0.5) is 0 Å². The number of hydrogen-bond acceptors (Lipinski definition) is 6. The van der Waals surface area contributed by atoms with Gasteiger partial charge in [-0.3, -0.25) is 0 Å². The summed E-state index contributed by atoms with van der Waals surface area (Å²) in [5.41, 5.74) is 1.11. The maximum atomic E-state index is 12.1. The first-order valence-corrected chi connectivity index (χ1v) is 8.25. The highest BCUT2D eigenvalue weighted by atomic mass is 32.2. The van der Waals surface area contributed by atoms with Crippen LogP contribution in [-0.4, -0.2) is 25.2 Å². The first-order chi connectivity index (χ1) is 10.1. The lowest BCUT2D eigenvalue weighted by molar-refractivity contribution is -0.146. The average Bonchev–Trinajstić information content (AvgIpc) is 2.84. The first-order valence-electron chi connectivity index (χ1n) is 6.62. The van der Waals surface area contributed by atoms with Crippen molar-refractivity contribution in [3.8, 4) is 0 Å². The van der Waals surface area contributed by atoms with Crippen molar-refractivity contribution in [2.75, 3.05) is 13.2 Å². The Balaban J connectivity index is 2.40. The molecule has 0 saturated heterocycles. The zero-order valence-corrected chi connectivity index (χ0v) is 13.7. The zero-order valence-electron chi connectivity index (χ0n) is 12.1. The minimum atomic E-state index is -0.628. The third kappa shape index (κ3) is 3.44. The Morgan fingerprint density at radius 3 is 2.19 bits per heavy atom. The van der Waals surface area contributed by atoms with E-state index in [1.165, 1.54) is 23.5 Å². The number of rotatable bonds is 4. The van der Waals surface area contributed by atoms with E-state index in [0.717, 1.165) is 15.4 Å². The Hall–Kier alpha value is -1.40. The molecule has 0 unspecified atom stereocenters. The minimum Gasteiger partial charge on any atom is -0.462 e. The molecule has 0 spiro atoms.